The highest BCUT2D eigenvalue weighted by molar-refractivity contribution is 5.58. The van der Waals surface area contributed by atoms with E-state index in [9.17, 15) is 10.1 Å². The van der Waals surface area contributed by atoms with Gasteiger partial charge >= 0.3 is 0 Å². The Hall–Kier alpha value is -2.40. The first-order valence-electron chi connectivity index (χ1n) is 6.62. The number of nitrogens with one attached hydrogen (secondary N) is 1. The van der Waals surface area contributed by atoms with Gasteiger partial charge in [0.05, 0.1) is 4.92 Å². The molecule has 0 heterocycles. The van der Waals surface area contributed by atoms with Crippen LogP contribution in [0.3, 0.4) is 0 Å². The van der Waals surface area contributed by atoms with Crippen molar-refractivity contribution in [3.05, 3.63) is 71.0 Å². The molecule has 0 saturated carbocycles. The highest BCUT2D eigenvalue weighted by atomic mass is 16.6. The number of allylic oxidation sites excluding steroid dienone is 3. The molecule has 0 saturated heterocycles. The molecule has 0 atom stereocenters. The lowest BCUT2D eigenvalue weighted by molar-refractivity contribution is -0.385. The number of anilines is 1. The minimum atomic E-state index is -0.344. The Bertz CT molecular complexity index is 563. The zero-order valence-electron chi connectivity index (χ0n) is 12.5. The van der Waals surface area contributed by atoms with Gasteiger partial charge in [0.2, 0.25) is 0 Å². The molecule has 21 heavy (non-hydrogen) atoms. The Labute approximate surface area is 125 Å². The summed E-state index contributed by atoms with van der Waals surface area (Å²) in [6.45, 7) is 8.10. The molecule has 0 spiro atoms. The van der Waals surface area contributed by atoms with Crippen molar-refractivity contribution >= 4 is 11.4 Å². The van der Waals surface area contributed by atoms with Crippen LogP contribution in [0, 0.1) is 10.1 Å². The lowest BCUT2D eigenvalue weighted by atomic mass is 10.1. The average molecular weight is 287 g/mol. The standard InChI is InChI=1S/C16H21N3O2/c1-5-7-14(6-2)17-15-8-9-16(19(20)21)13(12-15)10-11-18(3)4/h5-9,12,17H,1-2,10-11H2,3-4H3/b14-7+. The highest BCUT2D eigenvalue weighted by Crippen LogP contribution is 2.24. The molecule has 0 aliphatic heterocycles. The van der Waals surface area contributed by atoms with Gasteiger partial charge in [-0.15, -0.1) is 0 Å². The van der Waals surface area contributed by atoms with Gasteiger partial charge in [0.1, 0.15) is 0 Å². The predicted octanol–water partition coefficient (Wildman–Crippen LogP) is 3.37. The molecular formula is C16H21N3O2. The van der Waals surface area contributed by atoms with Gasteiger partial charge in [-0.05, 0) is 44.8 Å². The number of likely N-dealkylation sites (N-methyl/N-ethyl adjacent to an activating group) is 1. The first-order chi connectivity index (χ1) is 9.97. The van der Waals surface area contributed by atoms with Crippen molar-refractivity contribution in [3.8, 4) is 0 Å². The van der Waals surface area contributed by atoms with Crippen LogP contribution >= 0.6 is 0 Å². The Kier molecular flexibility index (Phi) is 6.36. The molecule has 1 rings (SSSR count). The summed E-state index contributed by atoms with van der Waals surface area (Å²) in [7, 11) is 3.88. The van der Waals surface area contributed by atoms with Crippen molar-refractivity contribution < 1.29 is 4.92 Å². The SMILES string of the molecule is C=C/C=C(\C=C)Nc1ccc([N+](=O)[O-])c(CCN(C)C)c1. The fourth-order valence-electron chi connectivity index (χ4n) is 1.84. The summed E-state index contributed by atoms with van der Waals surface area (Å²) in [6.07, 6.45) is 5.73. The second kappa shape index (κ2) is 8.01. The lowest BCUT2D eigenvalue weighted by Crippen LogP contribution is -2.15. The maximum Gasteiger partial charge on any atom is 0.272 e. The van der Waals surface area contributed by atoms with Gasteiger partial charge in [0, 0.05) is 29.6 Å². The summed E-state index contributed by atoms with van der Waals surface area (Å²) in [4.78, 5) is 12.7. The van der Waals surface area contributed by atoms with Crippen molar-refractivity contribution in [1.82, 2.24) is 4.90 Å². The van der Waals surface area contributed by atoms with Crippen LogP contribution in [0.4, 0.5) is 11.4 Å². The quantitative estimate of drug-likeness (QED) is 0.452. The van der Waals surface area contributed by atoms with Crippen LogP contribution in [-0.4, -0.2) is 30.5 Å². The van der Waals surface area contributed by atoms with Crippen LogP contribution in [0.2, 0.25) is 0 Å². The van der Waals surface area contributed by atoms with Crippen LogP contribution in [0.5, 0.6) is 0 Å². The van der Waals surface area contributed by atoms with E-state index in [0.717, 1.165) is 17.9 Å². The molecule has 1 aromatic rings. The molecule has 0 aliphatic carbocycles. The van der Waals surface area contributed by atoms with Gasteiger partial charge in [-0.3, -0.25) is 10.1 Å². The van der Waals surface area contributed by atoms with E-state index in [1.807, 2.05) is 25.1 Å². The van der Waals surface area contributed by atoms with E-state index in [4.69, 9.17) is 0 Å². The maximum absolute atomic E-state index is 11.1. The Morgan fingerprint density at radius 2 is 2.14 bits per heavy atom. The maximum atomic E-state index is 11.1. The summed E-state index contributed by atoms with van der Waals surface area (Å²) in [5.41, 5.74) is 2.44. The van der Waals surface area contributed by atoms with E-state index in [1.54, 1.807) is 24.3 Å². The van der Waals surface area contributed by atoms with Crippen LogP contribution in [-0.2, 0) is 6.42 Å². The van der Waals surface area contributed by atoms with E-state index >= 15 is 0 Å². The van der Waals surface area contributed by atoms with Crippen molar-refractivity contribution in [2.75, 3.05) is 26.0 Å². The number of nitro benzene ring substituents is 1. The Balaban J connectivity index is 3.05. The second-order valence-electron chi connectivity index (χ2n) is 4.84. The molecule has 0 amide bonds. The summed E-state index contributed by atoms with van der Waals surface area (Å²) < 4.78 is 0. The molecular weight excluding hydrogens is 266 g/mol. The predicted molar refractivity (Wildman–Crippen MR) is 87.5 cm³/mol. The molecule has 5 nitrogen and oxygen atoms in total. The number of rotatable bonds is 8. The van der Waals surface area contributed by atoms with E-state index in [-0.39, 0.29) is 10.6 Å². The van der Waals surface area contributed by atoms with E-state index < -0.39 is 0 Å². The molecule has 0 radical (unpaired) electrons. The van der Waals surface area contributed by atoms with Crippen molar-refractivity contribution in [2.24, 2.45) is 0 Å². The number of hydrogen-bond acceptors (Lipinski definition) is 4. The van der Waals surface area contributed by atoms with Gasteiger partial charge < -0.3 is 10.2 Å². The lowest BCUT2D eigenvalue weighted by Gasteiger charge is -2.12. The number of hydrogen-bond donors (Lipinski definition) is 1. The van der Waals surface area contributed by atoms with Crippen LogP contribution < -0.4 is 5.32 Å². The average Bonchev–Trinajstić information content (AvgIpc) is 2.44. The summed E-state index contributed by atoms with van der Waals surface area (Å²) >= 11 is 0. The summed E-state index contributed by atoms with van der Waals surface area (Å²) in [5.74, 6) is 0. The molecule has 0 aromatic heterocycles. The van der Waals surface area contributed by atoms with Crippen LogP contribution in [0.15, 0.2) is 55.3 Å². The van der Waals surface area contributed by atoms with Crippen LogP contribution in [0.25, 0.3) is 0 Å². The monoisotopic (exact) mass is 287 g/mol. The van der Waals surface area contributed by atoms with E-state index in [1.165, 1.54) is 6.07 Å². The van der Waals surface area contributed by atoms with E-state index in [2.05, 4.69) is 18.5 Å². The van der Waals surface area contributed by atoms with Gasteiger partial charge in [0.15, 0.2) is 0 Å². The third-order valence-electron chi connectivity index (χ3n) is 2.91. The first kappa shape index (κ1) is 16.7. The zero-order chi connectivity index (χ0) is 15.8. The third kappa shape index (κ3) is 5.24. The molecule has 0 aliphatic rings. The van der Waals surface area contributed by atoms with Crippen molar-refractivity contribution in [3.63, 3.8) is 0 Å². The Morgan fingerprint density at radius 1 is 1.43 bits per heavy atom. The molecule has 112 valence electrons. The van der Waals surface area contributed by atoms with Gasteiger partial charge in [-0.25, -0.2) is 0 Å². The second-order valence-corrected chi connectivity index (χ2v) is 4.84. The molecule has 0 fully saturated rings. The van der Waals surface area contributed by atoms with Crippen molar-refractivity contribution in [1.29, 1.82) is 0 Å². The third-order valence-corrected chi connectivity index (χ3v) is 2.91. The number of nitro groups is 1. The topological polar surface area (TPSA) is 58.4 Å². The Morgan fingerprint density at radius 3 is 2.67 bits per heavy atom. The first-order valence-corrected chi connectivity index (χ1v) is 6.62. The summed E-state index contributed by atoms with van der Waals surface area (Å²) in [5, 5.41) is 14.2. The van der Waals surface area contributed by atoms with Gasteiger partial charge in [-0.1, -0.05) is 19.2 Å². The van der Waals surface area contributed by atoms with E-state index in [0.29, 0.717) is 12.0 Å². The number of benzene rings is 1. The summed E-state index contributed by atoms with van der Waals surface area (Å²) in [6, 6.07) is 5.03. The van der Waals surface area contributed by atoms with Crippen molar-refractivity contribution in [2.45, 2.75) is 6.42 Å². The zero-order valence-corrected chi connectivity index (χ0v) is 12.5. The fourth-order valence-corrected chi connectivity index (χ4v) is 1.84. The molecule has 0 bridgehead atoms. The minimum absolute atomic E-state index is 0.148. The molecule has 0 unspecified atom stereocenters. The normalized spacial score (nSPS) is 11.3. The molecule has 1 aromatic carbocycles. The molecule has 5 heteroatoms. The largest absolute Gasteiger partial charge is 0.356 e. The fraction of sp³-hybridized carbons (Fsp3) is 0.250. The molecule has 1 N–H and O–H groups in total. The van der Waals surface area contributed by atoms with Gasteiger partial charge in [0.25, 0.3) is 5.69 Å². The minimum Gasteiger partial charge on any atom is -0.356 e. The van der Waals surface area contributed by atoms with Gasteiger partial charge in [-0.2, -0.15) is 0 Å². The smallest absolute Gasteiger partial charge is 0.272 e. The number of nitrogens with zero attached hydrogens (tertiary/aromatic N) is 2. The van der Waals surface area contributed by atoms with Crippen LogP contribution in [0.1, 0.15) is 5.56 Å². The highest BCUT2D eigenvalue weighted by Gasteiger charge is 2.14.